The van der Waals surface area contributed by atoms with E-state index in [1.54, 1.807) is 0 Å². The zero-order valence-electron chi connectivity index (χ0n) is 12.2. The highest BCUT2D eigenvalue weighted by Crippen LogP contribution is 2.37. The van der Waals surface area contributed by atoms with E-state index in [1.165, 1.54) is 45.2 Å². The van der Waals surface area contributed by atoms with Crippen LogP contribution >= 0.6 is 0 Å². The molecule has 1 unspecified atom stereocenters. The average Bonchev–Trinajstić information content (AvgIpc) is 3.15. The van der Waals surface area contributed by atoms with Crippen LogP contribution < -0.4 is 5.32 Å². The molecule has 0 bridgehead atoms. The maximum atomic E-state index is 4.64. The van der Waals surface area contributed by atoms with Gasteiger partial charge in [-0.15, -0.1) is 0 Å². The Bertz CT molecular complexity index is 416. The second kappa shape index (κ2) is 5.53. The third-order valence-corrected chi connectivity index (χ3v) is 4.15. The highest BCUT2D eigenvalue weighted by molar-refractivity contribution is 5.31. The molecule has 0 amide bonds. The molecule has 0 radical (unpaired) electrons. The smallest absolute Gasteiger partial charge is 0.203 e. The van der Waals surface area contributed by atoms with E-state index >= 15 is 0 Å². The summed E-state index contributed by atoms with van der Waals surface area (Å²) in [6.45, 7) is 8.02. The maximum Gasteiger partial charge on any atom is 0.203 e. The molecule has 0 aromatic carbocycles. The van der Waals surface area contributed by atoms with Gasteiger partial charge in [0.1, 0.15) is 0 Å². The zero-order chi connectivity index (χ0) is 13.2. The number of anilines is 1. The SMILES string of the molecule is Cc1cn(C2CC2)c(NC(C)CN2CCCCC2)n1. The fourth-order valence-electron chi connectivity index (χ4n) is 3.05. The lowest BCUT2D eigenvalue weighted by atomic mass is 10.1. The average molecular weight is 262 g/mol. The summed E-state index contributed by atoms with van der Waals surface area (Å²) in [7, 11) is 0. The highest BCUT2D eigenvalue weighted by atomic mass is 15.3. The predicted octanol–water partition coefficient (Wildman–Crippen LogP) is 2.81. The van der Waals surface area contributed by atoms with Crippen molar-refractivity contribution in [3.05, 3.63) is 11.9 Å². The first-order chi connectivity index (χ1) is 9.22. The van der Waals surface area contributed by atoms with E-state index in [1.807, 2.05) is 0 Å². The van der Waals surface area contributed by atoms with Gasteiger partial charge in [0.25, 0.3) is 0 Å². The number of aromatic nitrogens is 2. The number of aryl methyl sites for hydroxylation is 1. The van der Waals surface area contributed by atoms with Crippen LogP contribution in [0.25, 0.3) is 0 Å². The van der Waals surface area contributed by atoms with Crippen molar-refractivity contribution in [1.82, 2.24) is 14.5 Å². The molecule has 106 valence electrons. The van der Waals surface area contributed by atoms with E-state index in [9.17, 15) is 0 Å². The van der Waals surface area contributed by atoms with Gasteiger partial charge in [-0.2, -0.15) is 0 Å². The Morgan fingerprint density at radius 2 is 2.05 bits per heavy atom. The van der Waals surface area contributed by atoms with Crippen molar-refractivity contribution in [2.75, 3.05) is 25.0 Å². The van der Waals surface area contributed by atoms with Gasteiger partial charge in [-0.3, -0.25) is 0 Å². The highest BCUT2D eigenvalue weighted by Gasteiger charge is 2.26. The van der Waals surface area contributed by atoms with Gasteiger partial charge in [-0.1, -0.05) is 6.42 Å². The second-order valence-electron chi connectivity index (χ2n) is 6.25. The van der Waals surface area contributed by atoms with E-state index < -0.39 is 0 Å². The molecule has 3 rings (SSSR count). The van der Waals surface area contributed by atoms with Crippen LogP contribution in [0.15, 0.2) is 6.20 Å². The minimum Gasteiger partial charge on any atom is -0.352 e. The molecular weight excluding hydrogens is 236 g/mol. The lowest BCUT2D eigenvalue weighted by Crippen LogP contribution is -2.38. The summed E-state index contributed by atoms with van der Waals surface area (Å²) in [6.07, 6.45) is 8.94. The van der Waals surface area contributed by atoms with Crippen LogP contribution in [0.2, 0.25) is 0 Å². The summed E-state index contributed by atoms with van der Waals surface area (Å²) in [5.41, 5.74) is 1.12. The summed E-state index contributed by atoms with van der Waals surface area (Å²) in [6, 6.07) is 1.17. The van der Waals surface area contributed by atoms with Gasteiger partial charge in [-0.05, 0) is 52.6 Å². The number of imidazole rings is 1. The van der Waals surface area contributed by atoms with Crippen LogP contribution in [0.1, 0.15) is 50.8 Å². The standard InChI is InChI=1S/C15H26N4/c1-12(10-18-8-4-3-5-9-18)16-15-17-13(2)11-19(15)14-6-7-14/h11-12,14H,3-10H2,1-2H3,(H,16,17). The maximum absolute atomic E-state index is 4.64. The summed E-state index contributed by atoms with van der Waals surface area (Å²) in [4.78, 5) is 7.22. The number of nitrogens with zero attached hydrogens (tertiary/aromatic N) is 3. The van der Waals surface area contributed by atoms with Crippen LogP contribution in [0.5, 0.6) is 0 Å². The normalized spacial score (nSPS) is 22.4. The fraction of sp³-hybridized carbons (Fsp3) is 0.800. The monoisotopic (exact) mass is 262 g/mol. The van der Waals surface area contributed by atoms with Gasteiger partial charge < -0.3 is 14.8 Å². The van der Waals surface area contributed by atoms with Crippen molar-refractivity contribution >= 4 is 5.95 Å². The molecule has 2 heterocycles. The lowest BCUT2D eigenvalue weighted by Gasteiger charge is -2.29. The predicted molar refractivity (Wildman–Crippen MR) is 78.6 cm³/mol. The molecule has 2 fully saturated rings. The number of hydrogen-bond acceptors (Lipinski definition) is 3. The summed E-state index contributed by atoms with van der Waals surface area (Å²) < 4.78 is 2.34. The molecule has 0 spiro atoms. The number of nitrogens with one attached hydrogen (secondary N) is 1. The van der Waals surface area contributed by atoms with E-state index in [0.717, 1.165) is 18.2 Å². The molecule has 1 aliphatic heterocycles. The molecule has 1 atom stereocenters. The van der Waals surface area contributed by atoms with Crippen molar-refractivity contribution in [3.8, 4) is 0 Å². The Kier molecular flexibility index (Phi) is 3.78. The number of piperidine rings is 1. The van der Waals surface area contributed by atoms with Crippen LogP contribution in [-0.4, -0.2) is 40.1 Å². The third-order valence-electron chi connectivity index (χ3n) is 4.15. The van der Waals surface area contributed by atoms with Crippen LogP contribution in [-0.2, 0) is 0 Å². The second-order valence-corrected chi connectivity index (χ2v) is 6.25. The van der Waals surface area contributed by atoms with E-state index in [-0.39, 0.29) is 0 Å². The Balaban J connectivity index is 1.57. The third kappa shape index (κ3) is 3.30. The topological polar surface area (TPSA) is 33.1 Å². The van der Waals surface area contributed by atoms with Crippen LogP contribution in [0, 0.1) is 6.92 Å². The van der Waals surface area contributed by atoms with Gasteiger partial charge in [0, 0.05) is 24.8 Å². The summed E-state index contributed by atoms with van der Waals surface area (Å²) in [5.74, 6) is 1.07. The summed E-state index contributed by atoms with van der Waals surface area (Å²) in [5, 5.41) is 3.61. The minimum absolute atomic E-state index is 0.470. The van der Waals surface area contributed by atoms with Crippen molar-refractivity contribution in [2.45, 2.75) is 58.0 Å². The van der Waals surface area contributed by atoms with Crippen LogP contribution in [0.3, 0.4) is 0 Å². The van der Waals surface area contributed by atoms with Crippen molar-refractivity contribution in [2.24, 2.45) is 0 Å². The molecule has 1 N–H and O–H groups in total. The molecule has 4 heteroatoms. The van der Waals surface area contributed by atoms with Crippen LogP contribution in [0.4, 0.5) is 5.95 Å². The van der Waals surface area contributed by atoms with Gasteiger partial charge in [0.15, 0.2) is 0 Å². The van der Waals surface area contributed by atoms with Gasteiger partial charge in [0.05, 0.1) is 5.69 Å². The fourth-order valence-corrected chi connectivity index (χ4v) is 3.05. The Labute approximate surface area is 116 Å². The molecular formula is C15H26N4. The first-order valence-corrected chi connectivity index (χ1v) is 7.77. The molecule has 1 aromatic rings. The Morgan fingerprint density at radius 1 is 1.32 bits per heavy atom. The van der Waals surface area contributed by atoms with Crippen molar-refractivity contribution in [3.63, 3.8) is 0 Å². The van der Waals surface area contributed by atoms with E-state index in [4.69, 9.17) is 0 Å². The Hall–Kier alpha value is -1.03. The largest absolute Gasteiger partial charge is 0.352 e. The number of rotatable bonds is 5. The van der Waals surface area contributed by atoms with Crippen molar-refractivity contribution in [1.29, 1.82) is 0 Å². The molecule has 19 heavy (non-hydrogen) atoms. The molecule has 1 saturated heterocycles. The molecule has 1 saturated carbocycles. The lowest BCUT2D eigenvalue weighted by molar-refractivity contribution is 0.223. The van der Waals surface area contributed by atoms with Gasteiger partial charge in [-0.25, -0.2) is 4.98 Å². The summed E-state index contributed by atoms with van der Waals surface area (Å²) >= 11 is 0. The Morgan fingerprint density at radius 3 is 2.74 bits per heavy atom. The van der Waals surface area contributed by atoms with E-state index in [0.29, 0.717) is 12.1 Å². The molecule has 1 aliphatic carbocycles. The van der Waals surface area contributed by atoms with Gasteiger partial charge in [0.2, 0.25) is 5.95 Å². The quantitative estimate of drug-likeness (QED) is 0.886. The first-order valence-electron chi connectivity index (χ1n) is 7.77. The molecule has 1 aromatic heterocycles. The number of hydrogen-bond donors (Lipinski definition) is 1. The minimum atomic E-state index is 0.470. The van der Waals surface area contributed by atoms with E-state index in [2.05, 4.69) is 39.8 Å². The molecule has 4 nitrogen and oxygen atoms in total. The number of likely N-dealkylation sites (tertiary alicyclic amines) is 1. The molecule has 2 aliphatic rings. The zero-order valence-corrected chi connectivity index (χ0v) is 12.2. The van der Waals surface area contributed by atoms with Gasteiger partial charge >= 0.3 is 0 Å². The first kappa shape index (κ1) is 13.0. The van der Waals surface area contributed by atoms with Crippen molar-refractivity contribution < 1.29 is 0 Å².